The fourth-order valence-electron chi connectivity index (χ4n) is 3.22. The van der Waals surface area contributed by atoms with Gasteiger partial charge in [0, 0.05) is 35.3 Å². The molecule has 22 heavy (non-hydrogen) atoms. The van der Waals surface area contributed by atoms with Crippen LogP contribution in [0.2, 0.25) is 0 Å². The normalized spacial score (nSPS) is 16.0. The van der Waals surface area contributed by atoms with Crippen molar-refractivity contribution in [3.8, 4) is 11.8 Å². The Bertz CT molecular complexity index is 686. The Morgan fingerprint density at radius 1 is 1.23 bits per heavy atom. The van der Waals surface area contributed by atoms with Gasteiger partial charge in [0.1, 0.15) is 0 Å². The molecule has 112 valence electrons. The van der Waals surface area contributed by atoms with Crippen LogP contribution in [-0.4, -0.2) is 15.3 Å². The van der Waals surface area contributed by atoms with E-state index in [0.717, 1.165) is 24.1 Å². The first kappa shape index (κ1) is 14.5. The lowest BCUT2D eigenvalue weighted by Gasteiger charge is -2.17. The van der Waals surface area contributed by atoms with Crippen LogP contribution in [0.3, 0.4) is 0 Å². The Balaban J connectivity index is 1.90. The quantitative estimate of drug-likeness (QED) is 0.684. The van der Waals surface area contributed by atoms with Crippen molar-refractivity contribution in [2.75, 3.05) is 0 Å². The van der Waals surface area contributed by atoms with Gasteiger partial charge in [-0.2, -0.15) is 5.26 Å². The summed E-state index contributed by atoms with van der Waals surface area (Å²) in [6.07, 6.45) is 12.4. The van der Waals surface area contributed by atoms with Gasteiger partial charge in [-0.15, -0.1) is 0 Å². The zero-order valence-electron chi connectivity index (χ0n) is 12.6. The van der Waals surface area contributed by atoms with Gasteiger partial charge in [0.15, 0.2) is 0 Å². The van der Waals surface area contributed by atoms with Crippen molar-refractivity contribution < 1.29 is 0 Å². The minimum Gasteiger partial charge on any atom is -0.306 e. The zero-order chi connectivity index (χ0) is 15.4. The molecule has 0 radical (unpaired) electrons. The van der Waals surface area contributed by atoms with Gasteiger partial charge in [0.05, 0.1) is 18.0 Å². The lowest BCUT2D eigenvalue weighted by Crippen LogP contribution is -2.15. The summed E-state index contributed by atoms with van der Waals surface area (Å²) >= 11 is 0. The van der Waals surface area contributed by atoms with Gasteiger partial charge < -0.3 is 9.98 Å². The molecular formula is C18H20N4. The zero-order valence-corrected chi connectivity index (χ0v) is 12.6. The summed E-state index contributed by atoms with van der Waals surface area (Å²) < 4.78 is 1.87. The lowest BCUT2D eigenvalue weighted by molar-refractivity contribution is 0.589. The van der Waals surface area contributed by atoms with E-state index in [0.29, 0.717) is 17.2 Å². The third-order valence-electron chi connectivity index (χ3n) is 4.48. The number of nitriles is 1. The van der Waals surface area contributed by atoms with E-state index >= 15 is 0 Å². The molecule has 2 aromatic rings. The second-order valence-corrected chi connectivity index (χ2v) is 5.91. The molecule has 1 aliphatic carbocycles. The predicted octanol–water partition coefficient (Wildman–Crippen LogP) is 4.08. The van der Waals surface area contributed by atoms with Crippen LogP contribution in [0.1, 0.15) is 49.7 Å². The van der Waals surface area contributed by atoms with Crippen molar-refractivity contribution in [1.82, 2.24) is 9.55 Å². The molecule has 1 N–H and O–H groups in total. The van der Waals surface area contributed by atoms with Gasteiger partial charge >= 0.3 is 0 Å². The molecule has 1 aliphatic rings. The number of hydrogen-bond donors (Lipinski definition) is 1. The first-order valence-corrected chi connectivity index (χ1v) is 7.91. The van der Waals surface area contributed by atoms with E-state index < -0.39 is 0 Å². The monoisotopic (exact) mass is 292 g/mol. The Morgan fingerprint density at radius 2 is 2.00 bits per heavy atom. The van der Waals surface area contributed by atoms with E-state index in [2.05, 4.69) is 11.1 Å². The molecule has 1 fully saturated rings. The number of aromatic nitrogens is 2. The summed E-state index contributed by atoms with van der Waals surface area (Å²) in [6.45, 7) is 0. The minimum absolute atomic E-state index is 0.300. The molecule has 0 saturated heterocycles. The van der Waals surface area contributed by atoms with Gasteiger partial charge in [-0.25, -0.2) is 4.98 Å². The van der Waals surface area contributed by atoms with Crippen molar-refractivity contribution in [2.24, 2.45) is 5.92 Å². The number of nitrogens with one attached hydrogen (secondary N) is 1. The molecule has 3 rings (SSSR count). The molecule has 1 aromatic carbocycles. The predicted molar refractivity (Wildman–Crippen MR) is 86.3 cm³/mol. The van der Waals surface area contributed by atoms with Crippen molar-refractivity contribution in [2.45, 2.75) is 38.5 Å². The second-order valence-electron chi connectivity index (χ2n) is 5.91. The standard InChI is InChI=1S/C18H20N4/c19-12-15-11-16(22-10-9-21-13-22)7-8-17(15)18(20)14-5-3-1-2-4-6-14/h7-11,13-14,20H,1-6H2. The number of imidazole rings is 1. The summed E-state index contributed by atoms with van der Waals surface area (Å²) in [7, 11) is 0. The summed E-state index contributed by atoms with van der Waals surface area (Å²) in [4.78, 5) is 4.03. The SMILES string of the molecule is N#Cc1cc(-n2ccnc2)ccc1C(=N)C1CCCCCC1. The minimum atomic E-state index is 0.300. The van der Waals surface area contributed by atoms with Crippen LogP contribution in [0.15, 0.2) is 36.9 Å². The molecule has 0 amide bonds. The van der Waals surface area contributed by atoms with Gasteiger partial charge in [0.25, 0.3) is 0 Å². The highest BCUT2D eigenvalue weighted by Crippen LogP contribution is 2.27. The summed E-state index contributed by atoms with van der Waals surface area (Å²) in [5, 5.41) is 18.0. The maximum Gasteiger partial charge on any atom is 0.0999 e. The van der Waals surface area contributed by atoms with Gasteiger partial charge in [-0.05, 0) is 31.0 Å². The highest BCUT2D eigenvalue weighted by molar-refractivity contribution is 6.02. The van der Waals surface area contributed by atoms with Crippen molar-refractivity contribution >= 4 is 5.71 Å². The fraction of sp³-hybridized carbons (Fsp3) is 0.389. The smallest absolute Gasteiger partial charge is 0.0999 e. The highest BCUT2D eigenvalue weighted by atomic mass is 15.0. The van der Waals surface area contributed by atoms with Crippen LogP contribution in [0.5, 0.6) is 0 Å². The van der Waals surface area contributed by atoms with Crippen LogP contribution in [0.25, 0.3) is 5.69 Å². The van der Waals surface area contributed by atoms with Crippen LogP contribution in [0.4, 0.5) is 0 Å². The molecule has 0 atom stereocenters. The fourth-order valence-corrected chi connectivity index (χ4v) is 3.22. The molecule has 0 spiro atoms. The molecule has 0 aliphatic heterocycles. The lowest BCUT2D eigenvalue weighted by atomic mass is 9.88. The summed E-state index contributed by atoms with van der Waals surface area (Å²) in [5.74, 6) is 0.300. The van der Waals surface area contributed by atoms with Crippen molar-refractivity contribution in [1.29, 1.82) is 10.7 Å². The summed E-state index contributed by atoms with van der Waals surface area (Å²) in [5.41, 5.74) is 2.92. The first-order valence-electron chi connectivity index (χ1n) is 7.91. The number of benzene rings is 1. The first-order chi connectivity index (χ1) is 10.8. The van der Waals surface area contributed by atoms with Crippen molar-refractivity contribution in [3.63, 3.8) is 0 Å². The molecule has 1 aromatic heterocycles. The van der Waals surface area contributed by atoms with Crippen LogP contribution in [-0.2, 0) is 0 Å². The Hall–Kier alpha value is -2.41. The average Bonchev–Trinajstić information content (AvgIpc) is 2.96. The average molecular weight is 292 g/mol. The third-order valence-corrected chi connectivity index (χ3v) is 4.48. The molecule has 1 saturated carbocycles. The van der Waals surface area contributed by atoms with Crippen LogP contribution < -0.4 is 0 Å². The van der Waals surface area contributed by atoms with E-state index in [1.165, 1.54) is 25.7 Å². The molecule has 4 nitrogen and oxygen atoms in total. The van der Waals surface area contributed by atoms with Gasteiger partial charge in [-0.3, -0.25) is 0 Å². The number of rotatable bonds is 3. The molecule has 1 heterocycles. The van der Waals surface area contributed by atoms with E-state index in [1.54, 1.807) is 12.5 Å². The molecule has 4 heteroatoms. The largest absolute Gasteiger partial charge is 0.306 e. The van der Waals surface area contributed by atoms with Gasteiger partial charge in [0.2, 0.25) is 0 Å². The summed E-state index contributed by atoms with van der Waals surface area (Å²) in [6, 6.07) is 7.99. The van der Waals surface area contributed by atoms with Crippen molar-refractivity contribution in [3.05, 3.63) is 48.0 Å². The molecule has 0 unspecified atom stereocenters. The van der Waals surface area contributed by atoms with Gasteiger partial charge in [-0.1, -0.05) is 25.7 Å². The van der Waals surface area contributed by atoms with E-state index in [1.807, 2.05) is 29.0 Å². The maximum absolute atomic E-state index is 9.47. The second kappa shape index (κ2) is 6.57. The van der Waals surface area contributed by atoms with Crippen LogP contribution >= 0.6 is 0 Å². The highest BCUT2D eigenvalue weighted by Gasteiger charge is 2.20. The van der Waals surface area contributed by atoms with Crippen LogP contribution in [0, 0.1) is 22.7 Å². The third kappa shape index (κ3) is 2.94. The molecular weight excluding hydrogens is 272 g/mol. The Labute approximate surface area is 130 Å². The number of nitrogens with zero attached hydrogens (tertiary/aromatic N) is 3. The topological polar surface area (TPSA) is 65.5 Å². The Kier molecular flexibility index (Phi) is 4.34. The number of hydrogen-bond acceptors (Lipinski definition) is 3. The van der Waals surface area contributed by atoms with E-state index in [-0.39, 0.29) is 0 Å². The van der Waals surface area contributed by atoms with E-state index in [4.69, 9.17) is 5.41 Å². The Morgan fingerprint density at radius 3 is 2.64 bits per heavy atom. The maximum atomic E-state index is 9.47. The van der Waals surface area contributed by atoms with E-state index in [9.17, 15) is 5.26 Å². The molecule has 0 bridgehead atoms.